The van der Waals surface area contributed by atoms with E-state index in [1.165, 1.54) is 6.07 Å². The molecule has 124 valence electrons. The lowest BCUT2D eigenvalue weighted by Gasteiger charge is -2.23. The maximum atomic E-state index is 12.1. The summed E-state index contributed by atoms with van der Waals surface area (Å²) in [4.78, 5) is 35.1. The van der Waals surface area contributed by atoms with Gasteiger partial charge in [0, 0.05) is 16.6 Å². The topological polar surface area (TPSA) is 124 Å². The van der Waals surface area contributed by atoms with Crippen molar-refractivity contribution in [3.8, 4) is 0 Å². The van der Waals surface area contributed by atoms with Gasteiger partial charge in [-0.15, -0.1) is 0 Å². The number of aliphatic hydroxyl groups excluding tert-OH is 1. The molecular weight excluding hydrogens is 374 g/mol. The highest BCUT2D eigenvalue weighted by Crippen LogP contribution is 2.28. The second-order valence-electron chi connectivity index (χ2n) is 5.03. The number of aliphatic hydroxyl groups is 1. The molecule has 3 unspecified atom stereocenters. The molecule has 0 aromatic heterocycles. The maximum absolute atomic E-state index is 12.1. The van der Waals surface area contributed by atoms with E-state index in [0.717, 1.165) is 4.90 Å². The molecule has 0 saturated carbocycles. The lowest BCUT2D eigenvalue weighted by molar-refractivity contribution is -0.142. The molecule has 0 bridgehead atoms. The van der Waals surface area contributed by atoms with Gasteiger partial charge in [0.15, 0.2) is 0 Å². The molecule has 2 rings (SSSR count). The number of carbonyl (C=O) groups excluding carboxylic acids is 1. The van der Waals surface area contributed by atoms with E-state index < -0.39 is 36.3 Å². The van der Waals surface area contributed by atoms with Gasteiger partial charge in [0.25, 0.3) is 0 Å². The molecule has 3 N–H and O–H groups in total. The Hall–Kier alpha value is -2.13. The van der Waals surface area contributed by atoms with E-state index in [-0.39, 0.29) is 13.0 Å². The molecule has 1 amide bonds. The van der Waals surface area contributed by atoms with E-state index in [0.29, 0.717) is 10.0 Å². The van der Waals surface area contributed by atoms with Gasteiger partial charge in [0.1, 0.15) is 6.04 Å². The number of rotatable bonds is 4. The number of aliphatic carboxylic acids is 2. The monoisotopic (exact) mass is 387 g/mol. The summed E-state index contributed by atoms with van der Waals surface area (Å²) >= 11 is 3.20. The third-order valence-electron chi connectivity index (χ3n) is 3.55. The number of likely N-dealkylation sites (tertiary alicyclic amines) is 1. The summed E-state index contributed by atoms with van der Waals surface area (Å²) in [5.41, 5.74) is 0.293. The largest absolute Gasteiger partial charge is 0.481 e. The zero-order chi connectivity index (χ0) is 17.1. The Morgan fingerprint density at radius 3 is 2.43 bits per heavy atom. The smallest absolute Gasteiger partial charge is 0.413 e. The summed E-state index contributed by atoms with van der Waals surface area (Å²) < 4.78 is 5.38. The van der Waals surface area contributed by atoms with Crippen molar-refractivity contribution in [2.45, 2.75) is 18.8 Å². The summed E-state index contributed by atoms with van der Waals surface area (Å²) in [6.07, 6.45) is -2.88. The molecule has 8 nitrogen and oxygen atoms in total. The van der Waals surface area contributed by atoms with Crippen LogP contribution in [0.2, 0.25) is 0 Å². The van der Waals surface area contributed by atoms with Crippen LogP contribution in [0, 0.1) is 5.92 Å². The molecule has 1 heterocycles. The van der Waals surface area contributed by atoms with Crippen LogP contribution in [0.25, 0.3) is 0 Å². The number of halogens is 1. The highest BCUT2D eigenvalue weighted by molar-refractivity contribution is 9.10. The SMILES string of the molecule is O=C(O)C1CC(C(=O)O)N(C(=O)OC(O)c2ccccc2Br)C1. The zero-order valence-corrected chi connectivity index (χ0v) is 13.3. The minimum absolute atomic E-state index is 0.203. The summed E-state index contributed by atoms with van der Waals surface area (Å²) in [5, 5.41) is 28.1. The van der Waals surface area contributed by atoms with Crippen LogP contribution in [-0.2, 0) is 14.3 Å². The molecule has 1 fully saturated rings. The van der Waals surface area contributed by atoms with Crippen LogP contribution in [0.4, 0.5) is 4.79 Å². The summed E-state index contributed by atoms with van der Waals surface area (Å²) in [6, 6.07) is 5.22. The standard InChI is InChI=1S/C14H14BrNO7/c15-9-4-2-1-3-8(9)13(21)23-14(22)16-6-7(11(17)18)5-10(16)12(19)20/h1-4,7,10,13,21H,5-6H2,(H,17,18)(H,19,20). The summed E-state index contributed by atoms with van der Waals surface area (Å²) in [5.74, 6) is -3.48. The van der Waals surface area contributed by atoms with Gasteiger partial charge in [-0.2, -0.15) is 0 Å². The first kappa shape index (κ1) is 17.2. The van der Waals surface area contributed by atoms with Crippen molar-refractivity contribution in [1.82, 2.24) is 4.90 Å². The van der Waals surface area contributed by atoms with Gasteiger partial charge in [-0.1, -0.05) is 34.1 Å². The predicted octanol–water partition coefficient (Wildman–Crippen LogP) is 1.44. The minimum Gasteiger partial charge on any atom is -0.481 e. The number of ether oxygens (including phenoxy) is 1. The Balaban J connectivity index is 2.11. The molecule has 3 atom stereocenters. The highest BCUT2D eigenvalue weighted by atomic mass is 79.9. The zero-order valence-electron chi connectivity index (χ0n) is 11.8. The second-order valence-corrected chi connectivity index (χ2v) is 5.89. The van der Waals surface area contributed by atoms with Gasteiger partial charge in [0.05, 0.1) is 5.92 Å². The average Bonchev–Trinajstić information content (AvgIpc) is 2.93. The quantitative estimate of drug-likeness (QED) is 0.667. The molecular formula is C14H14BrNO7. The highest BCUT2D eigenvalue weighted by Gasteiger charge is 2.44. The number of amides is 1. The Bertz CT molecular complexity index is 635. The number of carboxylic acid groups (broad SMARTS) is 2. The van der Waals surface area contributed by atoms with Crippen LogP contribution in [0.5, 0.6) is 0 Å². The average molecular weight is 388 g/mol. The van der Waals surface area contributed by atoms with E-state index in [9.17, 15) is 19.5 Å². The first-order valence-electron chi connectivity index (χ1n) is 6.66. The lowest BCUT2D eigenvalue weighted by Crippen LogP contribution is -2.41. The first-order chi connectivity index (χ1) is 10.8. The molecule has 1 aromatic rings. The van der Waals surface area contributed by atoms with Crippen molar-refractivity contribution in [2.24, 2.45) is 5.92 Å². The molecule has 1 saturated heterocycles. The normalized spacial score (nSPS) is 21.7. The van der Waals surface area contributed by atoms with E-state index >= 15 is 0 Å². The molecule has 0 spiro atoms. The third kappa shape index (κ3) is 3.80. The number of hydrogen-bond acceptors (Lipinski definition) is 5. The van der Waals surface area contributed by atoms with Crippen LogP contribution in [0.1, 0.15) is 18.3 Å². The Labute approximate surface area is 139 Å². The van der Waals surface area contributed by atoms with E-state index in [4.69, 9.17) is 14.9 Å². The number of carbonyl (C=O) groups is 3. The van der Waals surface area contributed by atoms with Gasteiger partial charge < -0.3 is 20.1 Å². The van der Waals surface area contributed by atoms with Gasteiger partial charge in [-0.25, -0.2) is 9.59 Å². The Morgan fingerprint density at radius 2 is 1.87 bits per heavy atom. The van der Waals surface area contributed by atoms with E-state index in [2.05, 4.69) is 15.9 Å². The summed E-state index contributed by atoms with van der Waals surface area (Å²) in [7, 11) is 0. The lowest BCUT2D eigenvalue weighted by atomic mass is 10.1. The van der Waals surface area contributed by atoms with Crippen LogP contribution < -0.4 is 0 Å². The summed E-state index contributed by atoms with van der Waals surface area (Å²) in [6.45, 7) is -0.284. The molecule has 1 aliphatic rings. The number of hydrogen-bond donors (Lipinski definition) is 3. The maximum Gasteiger partial charge on any atom is 0.413 e. The van der Waals surface area contributed by atoms with Gasteiger partial charge in [0.2, 0.25) is 6.29 Å². The minimum atomic E-state index is -1.60. The number of nitrogens with zero attached hydrogens (tertiary/aromatic N) is 1. The molecule has 9 heteroatoms. The van der Waals surface area contributed by atoms with Crippen molar-refractivity contribution in [1.29, 1.82) is 0 Å². The fourth-order valence-electron chi connectivity index (χ4n) is 2.35. The number of carboxylic acids is 2. The molecule has 23 heavy (non-hydrogen) atoms. The molecule has 1 aromatic carbocycles. The van der Waals surface area contributed by atoms with Crippen molar-refractivity contribution in [3.05, 3.63) is 34.3 Å². The van der Waals surface area contributed by atoms with Crippen LogP contribution in [0.15, 0.2) is 28.7 Å². The molecule has 0 radical (unpaired) electrons. The fourth-order valence-corrected chi connectivity index (χ4v) is 2.83. The third-order valence-corrected chi connectivity index (χ3v) is 4.28. The van der Waals surface area contributed by atoms with Crippen molar-refractivity contribution >= 4 is 34.0 Å². The van der Waals surface area contributed by atoms with E-state index in [1.807, 2.05) is 0 Å². The molecule has 1 aliphatic heterocycles. The predicted molar refractivity (Wildman–Crippen MR) is 79.5 cm³/mol. The fraction of sp³-hybridized carbons (Fsp3) is 0.357. The van der Waals surface area contributed by atoms with Gasteiger partial charge in [-0.05, 0) is 12.5 Å². The van der Waals surface area contributed by atoms with Crippen LogP contribution >= 0.6 is 15.9 Å². The Morgan fingerprint density at radius 1 is 1.22 bits per heavy atom. The Kier molecular flexibility index (Phi) is 5.22. The van der Waals surface area contributed by atoms with Crippen molar-refractivity contribution in [2.75, 3.05) is 6.54 Å². The first-order valence-corrected chi connectivity index (χ1v) is 7.46. The van der Waals surface area contributed by atoms with Crippen LogP contribution in [-0.4, -0.2) is 50.8 Å². The molecule has 0 aliphatic carbocycles. The van der Waals surface area contributed by atoms with Crippen molar-refractivity contribution < 1.29 is 34.4 Å². The van der Waals surface area contributed by atoms with Gasteiger partial charge in [-0.3, -0.25) is 9.69 Å². The van der Waals surface area contributed by atoms with E-state index in [1.54, 1.807) is 18.2 Å². The second kappa shape index (κ2) is 6.97. The van der Waals surface area contributed by atoms with Crippen LogP contribution in [0.3, 0.4) is 0 Å². The van der Waals surface area contributed by atoms with Crippen molar-refractivity contribution in [3.63, 3.8) is 0 Å². The van der Waals surface area contributed by atoms with Gasteiger partial charge >= 0.3 is 18.0 Å². The number of benzene rings is 1.